The molecule has 0 aliphatic heterocycles. The van der Waals surface area contributed by atoms with E-state index >= 15 is 0 Å². The third kappa shape index (κ3) is 4.14. The van der Waals surface area contributed by atoms with Crippen molar-refractivity contribution in [3.05, 3.63) is 59.2 Å². The summed E-state index contributed by atoms with van der Waals surface area (Å²) in [5.41, 5.74) is 5.15. The molecule has 0 bridgehead atoms. The summed E-state index contributed by atoms with van der Waals surface area (Å²) in [6.07, 6.45) is 7.48. The van der Waals surface area contributed by atoms with Crippen molar-refractivity contribution >= 4 is 0 Å². The molecule has 20 heavy (non-hydrogen) atoms. The number of nitrogens with one attached hydrogen (secondary N) is 1. The van der Waals surface area contributed by atoms with Crippen LogP contribution >= 0.6 is 0 Å². The Morgan fingerprint density at radius 2 is 1.70 bits per heavy atom. The Balaban J connectivity index is 2.19. The van der Waals surface area contributed by atoms with Gasteiger partial charge in [0, 0.05) is 24.0 Å². The largest absolute Gasteiger partial charge is 0.310 e. The third-order valence-electron chi connectivity index (χ3n) is 3.34. The highest BCUT2D eigenvalue weighted by Gasteiger charge is 2.12. The second kappa shape index (κ2) is 7.15. The summed E-state index contributed by atoms with van der Waals surface area (Å²) in [6.45, 7) is 7.49. The minimum absolute atomic E-state index is 0.275. The topological polar surface area (TPSA) is 37.8 Å². The molecule has 0 saturated carbocycles. The fraction of sp³-hybridized carbons (Fsp3) is 0.412. The van der Waals surface area contributed by atoms with E-state index in [2.05, 4.69) is 54.3 Å². The SMILES string of the molecule is CCCNC(Cc1cc(C)cc(C)c1)c1cncnc1. The smallest absolute Gasteiger partial charge is 0.115 e. The van der Waals surface area contributed by atoms with Gasteiger partial charge >= 0.3 is 0 Å². The zero-order chi connectivity index (χ0) is 14.4. The van der Waals surface area contributed by atoms with Crippen LogP contribution in [0.4, 0.5) is 0 Å². The van der Waals surface area contributed by atoms with Gasteiger partial charge in [-0.3, -0.25) is 0 Å². The lowest BCUT2D eigenvalue weighted by molar-refractivity contribution is 0.526. The molecule has 1 aromatic heterocycles. The molecule has 0 aliphatic carbocycles. The van der Waals surface area contributed by atoms with Gasteiger partial charge in [0.25, 0.3) is 0 Å². The number of aromatic nitrogens is 2. The van der Waals surface area contributed by atoms with E-state index in [1.165, 1.54) is 16.7 Å². The molecule has 2 aromatic rings. The van der Waals surface area contributed by atoms with E-state index in [-0.39, 0.29) is 6.04 Å². The van der Waals surface area contributed by atoms with Gasteiger partial charge in [0.15, 0.2) is 0 Å². The van der Waals surface area contributed by atoms with Gasteiger partial charge in [-0.15, -0.1) is 0 Å². The van der Waals surface area contributed by atoms with Crippen molar-refractivity contribution in [2.24, 2.45) is 0 Å². The summed E-state index contributed by atoms with van der Waals surface area (Å²) in [5.74, 6) is 0. The van der Waals surface area contributed by atoms with E-state index in [0.29, 0.717) is 0 Å². The summed E-state index contributed by atoms with van der Waals surface area (Å²) in [5, 5.41) is 3.59. The van der Waals surface area contributed by atoms with E-state index in [1.54, 1.807) is 6.33 Å². The monoisotopic (exact) mass is 269 g/mol. The Morgan fingerprint density at radius 1 is 1.05 bits per heavy atom. The molecule has 1 aromatic carbocycles. The second-order valence-electron chi connectivity index (χ2n) is 5.38. The molecule has 1 atom stereocenters. The highest BCUT2D eigenvalue weighted by atomic mass is 14.9. The van der Waals surface area contributed by atoms with Crippen molar-refractivity contribution < 1.29 is 0 Å². The predicted molar refractivity (Wildman–Crippen MR) is 82.7 cm³/mol. The molecule has 1 heterocycles. The molecule has 0 saturated heterocycles. The number of rotatable bonds is 6. The van der Waals surface area contributed by atoms with Crippen molar-refractivity contribution in [1.82, 2.24) is 15.3 Å². The van der Waals surface area contributed by atoms with Gasteiger partial charge in [-0.05, 0) is 38.8 Å². The highest BCUT2D eigenvalue weighted by Crippen LogP contribution is 2.19. The van der Waals surface area contributed by atoms with Crippen LogP contribution in [0.5, 0.6) is 0 Å². The van der Waals surface area contributed by atoms with Crippen molar-refractivity contribution in [1.29, 1.82) is 0 Å². The van der Waals surface area contributed by atoms with E-state index in [1.807, 2.05) is 12.4 Å². The number of benzene rings is 1. The van der Waals surface area contributed by atoms with Crippen LogP contribution in [-0.2, 0) is 6.42 Å². The molecule has 1 N–H and O–H groups in total. The summed E-state index contributed by atoms with van der Waals surface area (Å²) in [7, 11) is 0. The fourth-order valence-corrected chi connectivity index (χ4v) is 2.54. The average molecular weight is 269 g/mol. The average Bonchev–Trinajstić information content (AvgIpc) is 2.43. The molecule has 106 valence electrons. The van der Waals surface area contributed by atoms with Crippen LogP contribution in [0.25, 0.3) is 0 Å². The second-order valence-corrected chi connectivity index (χ2v) is 5.38. The Morgan fingerprint density at radius 3 is 2.30 bits per heavy atom. The van der Waals surface area contributed by atoms with Crippen molar-refractivity contribution in [2.45, 2.75) is 39.7 Å². The summed E-state index contributed by atoms with van der Waals surface area (Å²) in [6, 6.07) is 7.01. The van der Waals surface area contributed by atoms with Crippen LogP contribution < -0.4 is 5.32 Å². The molecule has 2 rings (SSSR count). The molecule has 3 nitrogen and oxygen atoms in total. The maximum absolute atomic E-state index is 4.14. The van der Waals surface area contributed by atoms with Gasteiger partial charge < -0.3 is 5.32 Å². The Bertz CT molecular complexity index is 517. The van der Waals surface area contributed by atoms with Crippen molar-refractivity contribution in [2.75, 3.05) is 6.54 Å². The molecule has 0 aliphatic rings. The third-order valence-corrected chi connectivity index (χ3v) is 3.34. The zero-order valence-electron chi connectivity index (χ0n) is 12.6. The molecule has 0 fully saturated rings. The Kier molecular flexibility index (Phi) is 5.24. The van der Waals surface area contributed by atoms with E-state index < -0.39 is 0 Å². The maximum atomic E-state index is 4.14. The molecular formula is C17H23N3. The summed E-state index contributed by atoms with van der Waals surface area (Å²) in [4.78, 5) is 8.28. The van der Waals surface area contributed by atoms with Crippen LogP contribution in [0.1, 0.15) is 41.6 Å². The van der Waals surface area contributed by atoms with Gasteiger partial charge in [-0.2, -0.15) is 0 Å². The first-order valence-corrected chi connectivity index (χ1v) is 7.24. The lowest BCUT2D eigenvalue weighted by Crippen LogP contribution is -2.24. The summed E-state index contributed by atoms with van der Waals surface area (Å²) >= 11 is 0. The fourth-order valence-electron chi connectivity index (χ4n) is 2.54. The Hall–Kier alpha value is -1.74. The van der Waals surface area contributed by atoms with Crippen molar-refractivity contribution in [3.8, 4) is 0 Å². The van der Waals surface area contributed by atoms with Crippen LogP contribution in [0.2, 0.25) is 0 Å². The van der Waals surface area contributed by atoms with Crippen LogP contribution in [0.15, 0.2) is 36.9 Å². The number of hydrogen-bond donors (Lipinski definition) is 1. The minimum atomic E-state index is 0.275. The summed E-state index contributed by atoms with van der Waals surface area (Å²) < 4.78 is 0. The lowest BCUT2D eigenvalue weighted by Gasteiger charge is -2.19. The first-order chi connectivity index (χ1) is 9.69. The number of nitrogens with zero attached hydrogens (tertiary/aromatic N) is 2. The standard InChI is InChI=1S/C17H23N3/c1-4-5-20-17(16-10-18-12-19-11-16)9-15-7-13(2)6-14(3)8-15/h6-8,10-12,17,20H,4-5,9H2,1-3H3. The molecule has 1 unspecified atom stereocenters. The van der Waals surface area contributed by atoms with Gasteiger partial charge in [-0.1, -0.05) is 36.2 Å². The molecule has 0 spiro atoms. The normalized spacial score (nSPS) is 12.3. The first-order valence-electron chi connectivity index (χ1n) is 7.24. The predicted octanol–water partition coefficient (Wildman–Crippen LogP) is 3.38. The van der Waals surface area contributed by atoms with Gasteiger partial charge in [0.2, 0.25) is 0 Å². The van der Waals surface area contributed by atoms with E-state index in [9.17, 15) is 0 Å². The lowest BCUT2D eigenvalue weighted by atomic mass is 9.98. The van der Waals surface area contributed by atoms with Crippen LogP contribution in [0, 0.1) is 13.8 Å². The van der Waals surface area contributed by atoms with E-state index in [0.717, 1.165) is 24.9 Å². The molecule has 0 radical (unpaired) electrons. The quantitative estimate of drug-likeness (QED) is 0.873. The zero-order valence-corrected chi connectivity index (χ0v) is 12.6. The Labute approximate surface area is 121 Å². The van der Waals surface area contributed by atoms with Crippen LogP contribution in [-0.4, -0.2) is 16.5 Å². The maximum Gasteiger partial charge on any atom is 0.115 e. The first kappa shape index (κ1) is 14.7. The van der Waals surface area contributed by atoms with Gasteiger partial charge in [0.1, 0.15) is 6.33 Å². The van der Waals surface area contributed by atoms with Gasteiger partial charge in [0.05, 0.1) is 0 Å². The molecule has 0 amide bonds. The minimum Gasteiger partial charge on any atom is -0.310 e. The highest BCUT2D eigenvalue weighted by molar-refractivity contribution is 5.30. The van der Waals surface area contributed by atoms with Gasteiger partial charge in [-0.25, -0.2) is 9.97 Å². The molecule has 3 heteroatoms. The molecular weight excluding hydrogens is 246 g/mol. The van der Waals surface area contributed by atoms with E-state index in [4.69, 9.17) is 0 Å². The number of aryl methyl sites for hydroxylation is 2. The number of hydrogen-bond acceptors (Lipinski definition) is 3. The van der Waals surface area contributed by atoms with Crippen LogP contribution in [0.3, 0.4) is 0 Å². The van der Waals surface area contributed by atoms with Crippen molar-refractivity contribution in [3.63, 3.8) is 0 Å².